The lowest BCUT2D eigenvalue weighted by Gasteiger charge is -2.02. The van der Waals surface area contributed by atoms with Gasteiger partial charge in [-0.3, -0.25) is 0 Å². The van der Waals surface area contributed by atoms with Gasteiger partial charge in [0.2, 0.25) is 0 Å². The van der Waals surface area contributed by atoms with Gasteiger partial charge in [0.05, 0.1) is 6.10 Å². The topological polar surface area (TPSA) is 58.3 Å². The molecule has 0 aromatic carbocycles. The van der Waals surface area contributed by atoms with E-state index >= 15 is 0 Å². The summed E-state index contributed by atoms with van der Waals surface area (Å²) in [6.07, 6.45) is 0.653. The lowest BCUT2D eigenvalue weighted by atomic mass is 10.2. The third-order valence-corrected chi connectivity index (χ3v) is 1.48. The molecule has 1 saturated heterocycles. The standard InChI is InChI=1S/C5H12N2O/c6-2-4-1-5(8)3-7-4/h4-5,7-8H,1-3,6H2/t4-,5-/m1/s1. The number of nitrogens with one attached hydrogen (secondary N) is 1. The van der Waals surface area contributed by atoms with E-state index in [1.54, 1.807) is 0 Å². The minimum absolute atomic E-state index is 0.163. The van der Waals surface area contributed by atoms with Crippen LogP contribution in [0.2, 0.25) is 0 Å². The van der Waals surface area contributed by atoms with Gasteiger partial charge in [-0.25, -0.2) is 0 Å². The van der Waals surface area contributed by atoms with Crippen LogP contribution >= 0.6 is 0 Å². The minimum atomic E-state index is -0.163. The van der Waals surface area contributed by atoms with E-state index in [4.69, 9.17) is 10.8 Å². The quantitative estimate of drug-likeness (QED) is 0.398. The zero-order valence-corrected chi connectivity index (χ0v) is 4.80. The van der Waals surface area contributed by atoms with Gasteiger partial charge < -0.3 is 16.2 Å². The van der Waals surface area contributed by atoms with E-state index in [-0.39, 0.29) is 6.10 Å². The average molecular weight is 116 g/mol. The van der Waals surface area contributed by atoms with Crippen molar-refractivity contribution in [1.29, 1.82) is 0 Å². The molecule has 1 heterocycles. The Morgan fingerprint density at radius 1 is 1.75 bits per heavy atom. The highest BCUT2D eigenvalue weighted by Gasteiger charge is 2.19. The van der Waals surface area contributed by atoms with Crippen molar-refractivity contribution in [2.24, 2.45) is 5.73 Å². The van der Waals surface area contributed by atoms with E-state index < -0.39 is 0 Å². The van der Waals surface area contributed by atoms with Crippen molar-refractivity contribution >= 4 is 0 Å². The summed E-state index contributed by atoms with van der Waals surface area (Å²) in [7, 11) is 0. The highest BCUT2D eigenvalue weighted by Crippen LogP contribution is 2.03. The van der Waals surface area contributed by atoms with Gasteiger partial charge in [-0.05, 0) is 6.42 Å². The molecule has 1 aliphatic heterocycles. The number of hydrogen-bond donors (Lipinski definition) is 3. The zero-order chi connectivity index (χ0) is 5.98. The van der Waals surface area contributed by atoms with Crippen LogP contribution in [-0.4, -0.2) is 30.3 Å². The van der Waals surface area contributed by atoms with Crippen LogP contribution < -0.4 is 11.1 Å². The Hall–Kier alpha value is -0.120. The Bertz CT molecular complexity index is 76.8. The van der Waals surface area contributed by atoms with E-state index in [1.165, 1.54) is 0 Å². The fourth-order valence-electron chi connectivity index (χ4n) is 0.977. The number of nitrogens with two attached hydrogens (primary N) is 1. The molecule has 0 unspecified atom stereocenters. The van der Waals surface area contributed by atoms with Gasteiger partial charge in [0.15, 0.2) is 0 Å². The lowest BCUT2D eigenvalue weighted by molar-refractivity contribution is 0.193. The van der Waals surface area contributed by atoms with Crippen molar-refractivity contribution in [3.8, 4) is 0 Å². The number of β-amino-alcohol motifs (C(OH)–C–C–N with tert-alkyl or cyclic N) is 1. The second-order valence-electron chi connectivity index (χ2n) is 2.23. The van der Waals surface area contributed by atoms with Gasteiger partial charge in [-0.15, -0.1) is 0 Å². The first kappa shape index (κ1) is 6.01. The van der Waals surface area contributed by atoms with E-state index in [0.29, 0.717) is 19.1 Å². The third-order valence-electron chi connectivity index (χ3n) is 1.48. The fourth-order valence-corrected chi connectivity index (χ4v) is 0.977. The summed E-state index contributed by atoms with van der Waals surface area (Å²) < 4.78 is 0. The predicted octanol–water partition coefficient (Wildman–Crippen LogP) is -1.33. The SMILES string of the molecule is NC[C@H]1C[C@@H](O)CN1. The monoisotopic (exact) mass is 116 g/mol. The summed E-state index contributed by atoms with van der Waals surface area (Å²) in [5.41, 5.74) is 5.32. The molecular weight excluding hydrogens is 104 g/mol. The third kappa shape index (κ3) is 1.18. The van der Waals surface area contributed by atoms with Crippen LogP contribution in [0.3, 0.4) is 0 Å². The van der Waals surface area contributed by atoms with Crippen molar-refractivity contribution in [3.63, 3.8) is 0 Å². The van der Waals surface area contributed by atoms with Crippen LogP contribution in [0.25, 0.3) is 0 Å². The fraction of sp³-hybridized carbons (Fsp3) is 1.00. The molecule has 8 heavy (non-hydrogen) atoms. The maximum absolute atomic E-state index is 8.91. The molecule has 0 radical (unpaired) electrons. The van der Waals surface area contributed by atoms with Crippen molar-refractivity contribution < 1.29 is 5.11 Å². The molecular formula is C5H12N2O. The summed E-state index contributed by atoms with van der Waals surface area (Å²) >= 11 is 0. The molecule has 0 bridgehead atoms. The minimum Gasteiger partial charge on any atom is -0.392 e. The number of hydrogen-bond acceptors (Lipinski definition) is 3. The van der Waals surface area contributed by atoms with Crippen LogP contribution in [-0.2, 0) is 0 Å². The van der Waals surface area contributed by atoms with Crippen molar-refractivity contribution in [1.82, 2.24) is 5.32 Å². The van der Waals surface area contributed by atoms with Gasteiger partial charge in [0.1, 0.15) is 0 Å². The first-order valence-corrected chi connectivity index (χ1v) is 2.94. The molecule has 0 amide bonds. The van der Waals surface area contributed by atoms with Gasteiger partial charge in [0, 0.05) is 19.1 Å². The summed E-state index contributed by atoms with van der Waals surface area (Å²) in [5, 5.41) is 12.0. The number of aliphatic hydroxyl groups is 1. The summed E-state index contributed by atoms with van der Waals surface area (Å²) in [5.74, 6) is 0. The summed E-state index contributed by atoms with van der Waals surface area (Å²) in [6, 6.07) is 0.352. The zero-order valence-electron chi connectivity index (χ0n) is 4.80. The van der Waals surface area contributed by atoms with Crippen LogP contribution in [0.15, 0.2) is 0 Å². The second kappa shape index (κ2) is 2.44. The molecule has 3 heteroatoms. The second-order valence-corrected chi connectivity index (χ2v) is 2.23. The smallest absolute Gasteiger partial charge is 0.0680 e. The first-order valence-electron chi connectivity index (χ1n) is 2.94. The van der Waals surface area contributed by atoms with Gasteiger partial charge in [-0.2, -0.15) is 0 Å². The first-order chi connectivity index (χ1) is 3.83. The van der Waals surface area contributed by atoms with Crippen molar-refractivity contribution in [3.05, 3.63) is 0 Å². The number of aliphatic hydroxyl groups excluding tert-OH is 1. The Morgan fingerprint density at radius 2 is 2.50 bits per heavy atom. The molecule has 4 N–H and O–H groups in total. The van der Waals surface area contributed by atoms with E-state index in [9.17, 15) is 0 Å². The Labute approximate surface area is 48.9 Å². The molecule has 0 spiro atoms. The van der Waals surface area contributed by atoms with Crippen molar-refractivity contribution in [2.75, 3.05) is 13.1 Å². The Balaban J connectivity index is 2.22. The van der Waals surface area contributed by atoms with Gasteiger partial charge in [-0.1, -0.05) is 0 Å². The maximum Gasteiger partial charge on any atom is 0.0680 e. The largest absolute Gasteiger partial charge is 0.392 e. The molecule has 0 aromatic heterocycles. The molecule has 48 valence electrons. The normalized spacial score (nSPS) is 38.2. The molecule has 3 nitrogen and oxygen atoms in total. The van der Waals surface area contributed by atoms with E-state index in [0.717, 1.165) is 6.42 Å². The van der Waals surface area contributed by atoms with Crippen LogP contribution in [0.4, 0.5) is 0 Å². The van der Waals surface area contributed by atoms with Crippen LogP contribution in [0.5, 0.6) is 0 Å². The average Bonchev–Trinajstić information content (AvgIpc) is 2.14. The summed E-state index contributed by atoms with van der Waals surface area (Å²) in [6.45, 7) is 1.35. The Morgan fingerprint density at radius 3 is 2.75 bits per heavy atom. The molecule has 0 saturated carbocycles. The van der Waals surface area contributed by atoms with E-state index in [2.05, 4.69) is 5.32 Å². The lowest BCUT2D eigenvalue weighted by Crippen LogP contribution is -2.29. The predicted molar refractivity (Wildman–Crippen MR) is 31.5 cm³/mol. The molecule has 1 rings (SSSR count). The highest BCUT2D eigenvalue weighted by atomic mass is 16.3. The molecule has 0 aliphatic carbocycles. The maximum atomic E-state index is 8.91. The van der Waals surface area contributed by atoms with Crippen molar-refractivity contribution in [2.45, 2.75) is 18.6 Å². The summed E-state index contributed by atoms with van der Waals surface area (Å²) in [4.78, 5) is 0. The van der Waals surface area contributed by atoms with Gasteiger partial charge in [0.25, 0.3) is 0 Å². The van der Waals surface area contributed by atoms with E-state index in [1.807, 2.05) is 0 Å². The molecule has 2 atom stereocenters. The Kier molecular flexibility index (Phi) is 1.83. The molecule has 1 fully saturated rings. The van der Waals surface area contributed by atoms with Crippen LogP contribution in [0, 0.1) is 0 Å². The van der Waals surface area contributed by atoms with Gasteiger partial charge >= 0.3 is 0 Å². The molecule has 0 aromatic rings. The highest BCUT2D eigenvalue weighted by molar-refractivity contribution is 4.80. The van der Waals surface area contributed by atoms with Crippen LogP contribution in [0.1, 0.15) is 6.42 Å². The number of rotatable bonds is 1. The molecule has 1 aliphatic rings.